The molecule has 0 aliphatic carbocycles. The smallest absolute Gasteiger partial charge is 0.164 e. The molecule has 0 unspecified atom stereocenters. The fraction of sp³-hybridized carbons (Fsp3) is 0.250. The number of pyridine rings is 1. The van der Waals surface area contributed by atoms with Crippen LogP contribution in [0.5, 0.6) is 0 Å². The second-order valence-corrected chi connectivity index (χ2v) is 4.49. The summed E-state index contributed by atoms with van der Waals surface area (Å²) >= 11 is 5.96. The summed E-state index contributed by atoms with van der Waals surface area (Å²) in [5.74, 6) is 1.11. The van der Waals surface area contributed by atoms with Gasteiger partial charge in [-0.15, -0.1) is 11.6 Å². The third kappa shape index (κ3) is 1.67. The number of aryl methyl sites for hydroxylation is 2. The van der Waals surface area contributed by atoms with Crippen molar-refractivity contribution in [1.82, 2.24) is 24.3 Å². The van der Waals surface area contributed by atoms with E-state index in [1.165, 1.54) is 0 Å². The first-order valence-electron chi connectivity index (χ1n) is 5.58. The van der Waals surface area contributed by atoms with Crippen LogP contribution in [0, 0.1) is 6.92 Å². The number of rotatable bonds is 2. The maximum absolute atomic E-state index is 5.96. The molecule has 0 saturated heterocycles. The lowest BCUT2D eigenvalue weighted by atomic mass is 10.3. The van der Waals surface area contributed by atoms with Crippen molar-refractivity contribution in [1.29, 1.82) is 0 Å². The van der Waals surface area contributed by atoms with Crippen LogP contribution in [0.4, 0.5) is 0 Å². The number of nitrogens with zero attached hydrogens (tertiary/aromatic N) is 5. The van der Waals surface area contributed by atoms with Crippen molar-refractivity contribution in [3.8, 4) is 5.69 Å². The quantitative estimate of drug-likeness (QED) is 0.665. The molecule has 5 nitrogen and oxygen atoms in total. The number of aromatic nitrogens is 5. The Hall–Kier alpha value is -1.88. The van der Waals surface area contributed by atoms with Gasteiger partial charge >= 0.3 is 0 Å². The van der Waals surface area contributed by atoms with Crippen LogP contribution < -0.4 is 0 Å². The second-order valence-electron chi connectivity index (χ2n) is 4.22. The highest BCUT2D eigenvalue weighted by Crippen LogP contribution is 2.21. The molecule has 0 amide bonds. The molecule has 0 aromatic carbocycles. The van der Waals surface area contributed by atoms with Crippen LogP contribution in [0.1, 0.15) is 11.4 Å². The molecule has 6 heteroatoms. The van der Waals surface area contributed by atoms with Crippen molar-refractivity contribution in [2.45, 2.75) is 12.8 Å². The third-order valence-electron chi connectivity index (χ3n) is 2.77. The standard InChI is InChI=1S/C12H12ClN5/c1-8-3-10-12(14-5-8)18(11(4-13)16-10)9-6-15-17(2)7-9/h3,5-7H,4H2,1-2H3. The lowest BCUT2D eigenvalue weighted by Gasteiger charge is -2.02. The minimum absolute atomic E-state index is 0.338. The van der Waals surface area contributed by atoms with Crippen molar-refractivity contribution < 1.29 is 0 Å². The molecule has 0 saturated carbocycles. The van der Waals surface area contributed by atoms with E-state index in [1.54, 1.807) is 10.9 Å². The molecule has 0 bridgehead atoms. The number of halogens is 1. The van der Waals surface area contributed by atoms with E-state index >= 15 is 0 Å². The van der Waals surface area contributed by atoms with Gasteiger partial charge in [-0.2, -0.15) is 5.10 Å². The average Bonchev–Trinajstić information content (AvgIpc) is 2.91. The number of alkyl halides is 1. The maximum atomic E-state index is 5.96. The summed E-state index contributed by atoms with van der Waals surface area (Å²) in [7, 11) is 1.88. The largest absolute Gasteiger partial charge is 0.276 e. The fourth-order valence-electron chi connectivity index (χ4n) is 2.00. The Morgan fingerprint density at radius 1 is 1.33 bits per heavy atom. The van der Waals surface area contributed by atoms with Gasteiger partial charge in [-0.05, 0) is 18.6 Å². The van der Waals surface area contributed by atoms with E-state index in [1.807, 2.05) is 37.0 Å². The van der Waals surface area contributed by atoms with E-state index in [0.29, 0.717) is 5.88 Å². The molecule has 0 spiro atoms. The number of imidazole rings is 1. The summed E-state index contributed by atoms with van der Waals surface area (Å²) in [5.41, 5.74) is 3.67. The third-order valence-corrected chi connectivity index (χ3v) is 3.01. The maximum Gasteiger partial charge on any atom is 0.164 e. The highest BCUT2D eigenvalue weighted by atomic mass is 35.5. The predicted octanol–water partition coefficient (Wildman–Crippen LogP) is 2.20. The Morgan fingerprint density at radius 3 is 2.83 bits per heavy atom. The van der Waals surface area contributed by atoms with E-state index in [9.17, 15) is 0 Å². The van der Waals surface area contributed by atoms with Crippen molar-refractivity contribution >= 4 is 22.8 Å². The average molecular weight is 262 g/mol. The highest BCUT2D eigenvalue weighted by Gasteiger charge is 2.13. The molecule has 0 N–H and O–H groups in total. The minimum Gasteiger partial charge on any atom is -0.276 e. The van der Waals surface area contributed by atoms with Crippen LogP contribution in [-0.2, 0) is 12.9 Å². The predicted molar refractivity (Wildman–Crippen MR) is 69.9 cm³/mol. The van der Waals surface area contributed by atoms with Crippen molar-refractivity contribution in [3.05, 3.63) is 36.0 Å². The zero-order chi connectivity index (χ0) is 12.7. The summed E-state index contributed by atoms with van der Waals surface area (Å²) in [5, 5.41) is 4.17. The van der Waals surface area contributed by atoms with Gasteiger partial charge in [-0.25, -0.2) is 9.97 Å². The zero-order valence-electron chi connectivity index (χ0n) is 10.1. The van der Waals surface area contributed by atoms with Gasteiger partial charge in [0.25, 0.3) is 0 Å². The van der Waals surface area contributed by atoms with Gasteiger partial charge in [0.05, 0.1) is 17.8 Å². The van der Waals surface area contributed by atoms with E-state index in [2.05, 4.69) is 15.1 Å². The van der Waals surface area contributed by atoms with Crippen LogP contribution in [-0.4, -0.2) is 24.3 Å². The van der Waals surface area contributed by atoms with Crippen molar-refractivity contribution in [2.24, 2.45) is 7.05 Å². The lowest BCUT2D eigenvalue weighted by Crippen LogP contribution is -1.99. The van der Waals surface area contributed by atoms with E-state index in [0.717, 1.165) is 28.2 Å². The van der Waals surface area contributed by atoms with E-state index < -0.39 is 0 Å². The molecular weight excluding hydrogens is 250 g/mol. The summed E-state index contributed by atoms with van der Waals surface area (Å²) < 4.78 is 3.68. The first-order valence-corrected chi connectivity index (χ1v) is 6.11. The number of hydrogen-bond acceptors (Lipinski definition) is 3. The zero-order valence-corrected chi connectivity index (χ0v) is 10.9. The summed E-state index contributed by atoms with van der Waals surface area (Å²) in [6.07, 6.45) is 5.52. The molecule has 0 aliphatic heterocycles. The second kappa shape index (κ2) is 4.10. The molecule has 92 valence electrons. The summed E-state index contributed by atoms with van der Waals surface area (Å²) in [4.78, 5) is 8.95. The van der Waals surface area contributed by atoms with Gasteiger partial charge in [-0.1, -0.05) is 0 Å². The molecular formula is C12H12ClN5. The lowest BCUT2D eigenvalue weighted by molar-refractivity contribution is 0.767. The molecule has 3 aromatic heterocycles. The molecule has 0 aliphatic rings. The molecule has 18 heavy (non-hydrogen) atoms. The van der Waals surface area contributed by atoms with Crippen LogP contribution in [0.3, 0.4) is 0 Å². The molecule has 0 fully saturated rings. The van der Waals surface area contributed by atoms with Gasteiger partial charge in [0.15, 0.2) is 5.65 Å². The van der Waals surface area contributed by atoms with E-state index in [-0.39, 0.29) is 0 Å². The summed E-state index contributed by atoms with van der Waals surface area (Å²) in [6, 6.07) is 2.01. The van der Waals surface area contributed by atoms with Crippen molar-refractivity contribution in [2.75, 3.05) is 0 Å². The van der Waals surface area contributed by atoms with Crippen LogP contribution in [0.25, 0.3) is 16.9 Å². The molecule has 3 rings (SSSR count). The van der Waals surface area contributed by atoms with Gasteiger partial charge in [0.1, 0.15) is 11.3 Å². The molecule has 0 atom stereocenters. The summed E-state index contributed by atoms with van der Waals surface area (Å²) in [6.45, 7) is 2.00. The fourth-order valence-corrected chi connectivity index (χ4v) is 2.18. The Balaban J connectivity index is 2.32. The van der Waals surface area contributed by atoms with E-state index in [4.69, 9.17) is 11.6 Å². The monoisotopic (exact) mass is 261 g/mol. The number of hydrogen-bond donors (Lipinski definition) is 0. The topological polar surface area (TPSA) is 48.5 Å². The minimum atomic E-state index is 0.338. The van der Waals surface area contributed by atoms with Crippen LogP contribution in [0.15, 0.2) is 24.7 Å². The Morgan fingerprint density at radius 2 is 2.17 bits per heavy atom. The van der Waals surface area contributed by atoms with Gasteiger partial charge in [-0.3, -0.25) is 9.25 Å². The van der Waals surface area contributed by atoms with Gasteiger partial charge in [0.2, 0.25) is 0 Å². The van der Waals surface area contributed by atoms with Gasteiger partial charge in [0, 0.05) is 19.4 Å². The Labute approximate surface area is 109 Å². The first-order chi connectivity index (χ1) is 8.69. The first kappa shape index (κ1) is 11.2. The van der Waals surface area contributed by atoms with Crippen molar-refractivity contribution in [3.63, 3.8) is 0 Å². The molecule has 3 heterocycles. The Kier molecular flexibility index (Phi) is 2.56. The Bertz CT molecular complexity index is 712. The van der Waals surface area contributed by atoms with Crippen LogP contribution >= 0.6 is 11.6 Å². The molecule has 0 radical (unpaired) electrons. The molecule has 3 aromatic rings. The van der Waals surface area contributed by atoms with Gasteiger partial charge < -0.3 is 0 Å². The normalized spacial score (nSPS) is 11.3. The SMILES string of the molecule is Cc1cnc2c(c1)nc(CCl)n2-c1cnn(C)c1. The highest BCUT2D eigenvalue weighted by molar-refractivity contribution is 6.16. The van der Waals surface area contributed by atoms with Crippen LogP contribution in [0.2, 0.25) is 0 Å². The number of fused-ring (bicyclic) bond motifs is 1.